The van der Waals surface area contributed by atoms with Crippen molar-refractivity contribution in [2.24, 2.45) is 0 Å². The maximum absolute atomic E-state index is 11.6. The molecule has 35 heavy (non-hydrogen) atoms. The number of carbonyl (C=O) groups excluding carboxylic acids is 1. The monoisotopic (exact) mass is 501 g/mol. The summed E-state index contributed by atoms with van der Waals surface area (Å²) in [5.74, 6) is -0.600. The van der Waals surface area contributed by atoms with Gasteiger partial charge in [0.15, 0.2) is 0 Å². The van der Waals surface area contributed by atoms with Gasteiger partial charge in [-0.3, -0.25) is 29.2 Å². The third kappa shape index (κ3) is 7.97. The van der Waals surface area contributed by atoms with Gasteiger partial charge in [-0.05, 0) is 30.5 Å². The van der Waals surface area contributed by atoms with Gasteiger partial charge in [0.1, 0.15) is 0 Å². The van der Waals surface area contributed by atoms with Crippen molar-refractivity contribution in [1.29, 1.82) is 0 Å². The number of nitrogens with zero attached hydrogens (tertiary/aromatic N) is 3. The molecule has 0 saturated carbocycles. The molecule has 0 aliphatic rings. The summed E-state index contributed by atoms with van der Waals surface area (Å²) in [6, 6.07) is 10.0. The Morgan fingerprint density at radius 1 is 1.00 bits per heavy atom. The lowest BCUT2D eigenvalue weighted by Gasteiger charge is -2.07. The molecule has 1 heterocycles. The van der Waals surface area contributed by atoms with E-state index in [0.717, 1.165) is 6.26 Å². The first-order chi connectivity index (χ1) is 16.6. The zero-order chi connectivity index (χ0) is 26.5. The molecule has 0 aliphatic heterocycles. The average Bonchev–Trinajstić information content (AvgIpc) is 2.82. The zero-order valence-corrected chi connectivity index (χ0v) is 19.7. The number of carbonyl (C=O) groups is 1. The minimum Gasteiger partial charge on any atom is -0.465 e. The molecule has 1 aromatic heterocycles. The minimum atomic E-state index is -1.42. The van der Waals surface area contributed by atoms with Crippen molar-refractivity contribution < 1.29 is 32.7 Å². The van der Waals surface area contributed by atoms with E-state index in [2.05, 4.69) is 9.15 Å². The fraction of sp³-hybridized carbons (Fsp3) is 0.143. The number of esters is 1. The molecule has 0 bridgehead atoms. The van der Waals surface area contributed by atoms with Crippen molar-refractivity contribution in [3.8, 4) is 0 Å². The average molecular weight is 501 g/mol. The van der Waals surface area contributed by atoms with Crippen LogP contribution in [0.3, 0.4) is 0 Å². The molecule has 2 aromatic carbocycles. The number of nitro benzene ring substituents is 2. The predicted molar refractivity (Wildman–Crippen MR) is 123 cm³/mol. The lowest BCUT2D eigenvalue weighted by molar-refractivity contribution is -0.385. The molecule has 14 heteroatoms. The molecule has 0 amide bonds. The van der Waals surface area contributed by atoms with E-state index in [-0.39, 0.29) is 27.9 Å². The van der Waals surface area contributed by atoms with E-state index in [0.29, 0.717) is 5.39 Å². The first-order valence-corrected chi connectivity index (χ1v) is 10.2. The van der Waals surface area contributed by atoms with Crippen molar-refractivity contribution in [2.45, 2.75) is 0 Å². The molecule has 0 radical (unpaired) electrons. The fourth-order valence-corrected chi connectivity index (χ4v) is 2.69. The maximum Gasteiger partial charge on any atom is 0.549 e. The Morgan fingerprint density at radius 2 is 1.57 bits per heavy atom. The van der Waals surface area contributed by atoms with Crippen LogP contribution in [0, 0.1) is 20.2 Å². The van der Waals surface area contributed by atoms with Crippen LogP contribution in [0.2, 0.25) is 0 Å². The number of hydrogen-bond donors (Lipinski definition) is 0. The predicted octanol–water partition coefficient (Wildman–Crippen LogP) is 3.00. The van der Waals surface area contributed by atoms with E-state index in [1.165, 1.54) is 55.7 Å². The Kier molecular flexibility index (Phi) is 11.1. The summed E-state index contributed by atoms with van der Waals surface area (Å²) in [4.78, 5) is 44.9. The number of benzene rings is 2. The van der Waals surface area contributed by atoms with Gasteiger partial charge < -0.3 is 14.1 Å². The fourth-order valence-electron chi connectivity index (χ4n) is 2.69. The van der Waals surface area contributed by atoms with Crippen molar-refractivity contribution in [3.05, 3.63) is 96.7 Å². The first-order valence-electron chi connectivity index (χ1n) is 9.43. The summed E-state index contributed by atoms with van der Waals surface area (Å²) >= 11 is 0. The molecule has 0 spiro atoms. The van der Waals surface area contributed by atoms with Crippen LogP contribution in [0.25, 0.3) is 16.8 Å². The third-order valence-electron chi connectivity index (χ3n) is 4.13. The second-order valence-electron chi connectivity index (χ2n) is 6.55. The van der Waals surface area contributed by atoms with Crippen LogP contribution in [-0.2, 0) is 13.7 Å². The zero-order valence-electron chi connectivity index (χ0n) is 18.7. The van der Waals surface area contributed by atoms with Gasteiger partial charge in [-0.15, -0.1) is 0 Å². The molecule has 0 fully saturated rings. The van der Waals surface area contributed by atoms with Crippen molar-refractivity contribution in [3.63, 3.8) is 0 Å². The second-order valence-corrected chi connectivity index (χ2v) is 6.72. The van der Waals surface area contributed by atoms with Gasteiger partial charge in [0.2, 0.25) is 0 Å². The highest BCUT2D eigenvalue weighted by molar-refractivity contribution is 5.95. The molecule has 0 atom stereocenters. The van der Waals surface area contributed by atoms with Crippen molar-refractivity contribution in [1.82, 2.24) is 4.90 Å². The van der Waals surface area contributed by atoms with Gasteiger partial charge in [0.05, 0.1) is 45.1 Å². The smallest absolute Gasteiger partial charge is 0.465 e. The SMILES string of the molecule is COC(=O)c1cccc([N+](=O)[O-])c1/C=C/N(C)C.O=[Si]=O.O=c1occc2c([N+](=O)[O-])cccc12. The van der Waals surface area contributed by atoms with Crippen molar-refractivity contribution in [2.75, 3.05) is 21.2 Å². The second kappa shape index (κ2) is 13.7. The Balaban J connectivity index is 0.000000321. The van der Waals surface area contributed by atoms with E-state index in [4.69, 9.17) is 8.92 Å². The van der Waals surface area contributed by atoms with Gasteiger partial charge in [0.25, 0.3) is 11.4 Å². The summed E-state index contributed by atoms with van der Waals surface area (Å²) in [7, 11) is 3.38. The molecule has 0 aliphatic carbocycles. The molecule has 0 N–H and O–H groups in total. The minimum absolute atomic E-state index is 0.0876. The molecule has 3 aromatic rings. The van der Waals surface area contributed by atoms with Gasteiger partial charge in [-0.1, -0.05) is 12.1 Å². The molecule has 182 valence electrons. The highest BCUT2D eigenvalue weighted by Crippen LogP contribution is 2.25. The molecular formula is C21H19N3O10Si. The molecule has 0 unspecified atom stereocenters. The Morgan fingerprint density at radius 3 is 2.11 bits per heavy atom. The van der Waals surface area contributed by atoms with E-state index >= 15 is 0 Å². The van der Waals surface area contributed by atoms with E-state index in [1.807, 2.05) is 0 Å². The number of non-ortho nitro benzene ring substituents is 1. The number of fused-ring (bicyclic) bond motifs is 1. The Hall–Kier alpha value is -4.72. The number of nitro groups is 2. The Labute approximate surface area is 199 Å². The van der Waals surface area contributed by atoms with Crippen LogP contribution < -0.4 is 5.63 Å². The standard InChI is InChI=1S/C12H14N2O4.C9H5NO4.O2Si/c1-13(2)8-7-9-10(12(15)18-3)5-4-6-11(9)14(16)17;11-9-7-2-1-3-8(10(12)13)6(7)4-5-14-9;1-3-2/h4-8H,1-3H3;1-5H;/b8-7+;;. The van der Waals surface area contributed by atoms with Gasteiger partial charge >= 0.3 is 20.9 Å². The van der Waals surface area contributed by atoms with Crippen LogP contribution in [0.5, 0.6) is 0 Å². The van der Waals surface area contributed by atoms with Crippen LogP contribution in [0.15, 0.2) is 64.1 Å². The van der Waals surface area contributed by atoms with Crippen LogP contribution in [0.1, 0.15) is 15.9 Å². The molecule has 3 rings (SSSR count). The lowest BCUT2D eigenvalue weighted by atomic mass is 10.1. The summed E-state index contributed by atoms with van der Waals surface area (Å²) < 4.78 is 26.0. The summed E-state index contributed by atoms with van der Waals surface area (Å²) in [5.41, 5.74) is -0.370. The lowest BCUT2D eigenvalue weighted by Crippen LogP contribution is -2.07. The number of rotatable bonds is 5. The van der Waals surface area contributed by atoms with Gasteiger partial charge in [0, 0.05) is 26.2 Å². The van der Waals surface area contributed by atoms with E-state index in [9.17, 15) is 29.8 Å². The molecular weight excluding hydrogens is 482 g/mol. The maximum atomic E-state index is 11.6. The van der Waals surface area contributed by atoms with Crippen LogP contribution >= 0.6 is 0 Å². The van der Waals surface area contributed by atoms with Crippen LogP contribution in [0.4, 0.5) is 11.4 Å². The highest BCUT2D eigenvalue weighted by atomic mass is 28.2. The molecule has 0 saturated heterocycles. The summed E-state index contributed by atoms with van der Waals surface area (Å²) in [6.07, 6.45) is 4.30. The summed E-state index contributed by atoms with van der Waals surface area (Å²) in [5, 5.41) is 22.1. The normalized spacial score (nSPS) is 9.69. The number of ether oxygens (including phenoxy) is 1. The highest BCUT2D eigenvalue weighted by Gasteiger charge is 2.20. The van der Waals surface area contributed by atoms with E-state index in [1.54, 1.807) is 25.2 Å². The van der Waals surface area contributed by atoms with Gasteiger partial charge in [-0.2, -0.15) is 0 Å². The van der Waals surface area contributed by atoms with Crippen LogP contribution in [-0.4, -0.2) is 51.2 Å². The van der Waals surface area contributed by atoms with Gasteiger partial charge in [-0.25, -0.2) is 9.59 Å². The number of hydrogen-bond acceptors (Lipinski definition) is 11. The summed E-state index contributed by atoms with van der Waals surface area (Å²) in [6.45, 7) is 0. The first kappa shape index (κ1) is 28.3. The number of methoxy groups -OCH3 is 1. The van der Waals surface area contributed by atoms with E-state index < -0.39 is 30.7 Å². The molecule has 13 nitrogen and oxygen atoms in total. The largest absolute Gasteiger partial charge is 0.549 e. The van der Waals surface area contributed by atoms with Crippen molar-refractivity contribution >= 4 is 43.5 Å². The topological polar surface area (TPSA) is 180 Å². The third-order valence-corrected chi connectivity index (χ3v) is 4.13. The Bertz CT molecular complexity index is 1340. The quantitative estimate of drug-likeness (QED) is 0.217.